The Labute approximate surface area is 381 Å². The molecule has 0 aromatic carbocycles. The number of aliphatic carboxylic acids is 1. The number of aliphatic hydroxyl groups excluding tert-OH is 9. The zero-order valence-corrected chi connectivity index (χ0v) is 37.8. The standard InChI is InChI=1S/C47H75NO17/c1-27-17-15-13-11-9-7-5-6-8-10-12-14-16-18-34(64-46-44(58)41(48)43(57)30(4)63-46)24-38-40(45(59)60)37(54)26-47(61,65-38)25-36(53)35(52)20-19-31(49)21-32(50)22-33(51)23-39(55)62-29(3)28(2)42(27)56/h5-6,8,10-18,27-38,40-44,46,49-54,56-58,61H,7,9,19-26,48H2,1-4H3,(H,59,60)/b6-5+,10-8+,13-11+,14-12+,17-15+,18-16+/t27-,28+,29-,30+,31+,32+,33+,34-,35+,36+,37-,38-,40+,41-,42+,43-,44-,46-,47+/m0/s1. The van der Waals surface area contributed by atoms with Gasteiger partial charge in [0.2, 0.25) is 0 Å². The van der Waals surface area contributed by atoms with Crippen molar-refractivity contribution in [1.82, 2.24) is 0 Å². The highest BCUT2D eigenvalue weighted by atomic mass is 16.7. The van der Waals surface area contributed by atoms with Crippen LogP contribution in [-0.4, -0.2) is 166 Å². The first kappa shape index (κ1) is 56.1. The highest BCUT2D eigenvalue weighted by Gasteiger charge is 2.51. The van der Waals surface area contributed by atoms with E-state index < -0.39 is 141 Å². The van der Waals surface area contributed by atoms with Crippen LogP contribution in [0.3, 0.4) is 0 Å². The summed E-state index contributed by atoms with van der Waals surface area (Å²) in [7, 11) is 0. The molecule has 0 spiro atoms. The van der Waals surface area contributed by atoms with E-state index in [9.17, 15) is 65.8 Å². The maximum Gasteiger partial charge on any atom is 0.311 e. The van der Waals surface area contributed by atoms with Crippen LogP contribution in [0.4, 0.5) is 0 Å². The van der Waals surface area contributed by atoms with Crippen molar-refractivity contribution in [2.24, 2.45) is 23.5 Å². The molecule has 3 aliphatic rings. The molecular weight excluding hydrogens is 851 g/mol. The zero-order chi connectivity index (χ0) is 48.4. The molecule has 2 fully saturated rings. The molecule has 2 bridgehead atoms. The van der Waals surface area contributed by atoms with E-state index in [0.717, 1.165) is 12.8 Å². The van der Waals surface area contributed by atoms with E-state index in [0.29, 0.717) is 0 Å². The molecule has 18 nitrogen and oxygen atoms in total. The molecule has 2 saturated heterocycles. The number of aliphatic hydroxyl groups is 10. The molecule has 0 saturated carbocycles. The lowest BCUT2D eigenvalue weighted by atomic mass is 9.82. The molecule has 3 aliphatic heterocycles. The van der Waals surface area contributed by atoms with Gasteiger partial charge in [0, 0.05) is 31.1 Å². The maximum atomic E-state index is 12.6. The van der Waals surface area contributed by atoms with Gasteiger partial charge in [0.25, 0.3) is 0 Å². The molecule has 3 rings (SSSR count). The second kappa shape index (κ2) is 27.6. The lowest BCUT2D eigenvalue weighted by Crippen LogP contribution is -2.61. The van der Waals surface area contributed by atoms with Gasteiger partial charge in [0.1, 0.15) is 18.1 Å². The smallest absolute Gasteiger partial charge is 0.311 e. The number of carbonyl (C=O) groups is 2. The quantitative estimate of drug-likeness (QED) is 0.175. The first-order valence-corrected chi connectivity index (χ1v) is 22.6. The third-order valence-electron chi connectivity index (χ3n) is 12.2. The van der Waals surface area contributed by atoms with Crippen molar-refractivity contribution >= 4 is 11.9 Å². The van der Waals surface area contributed by atoms with Crippen molar-refractivity contribution in [3.8, 4) is 0 Å². The van der Waals surface area contributed by atoms with Gasteiger partial charge in [-0.25, -0.2) is 0 Å². The van der Waals surface area contributed by atoms with Crippen molar-refractivity contribution in [2.75, 3.05) is 0 Å². The molecule has 65 heavy (non-hydrogen) atoms. The van der Waals surface area contributed by atoms with Crippen molar-refractivity contribution in [3.05, 3.63) is 72.9 Å². The maximum absolute atomic E-state index is 12.6. The third-order valence-corrected chi connectivity index (χ3v) is 12.2. The average Bonchev–Trinajstić information content (AvgIpc) is 3.21. The van der Waals surface area contributed by atoms with Crippen LogP contribution in [0.2, 0.25) is 0 Å². The average molecular weight is 926 g/mol. The molecule has 13 N–H and O–H groups in total. The normalized spacial score (nSPS) is 45.2. The molecule has 0 aromatic heterocycles. The van der Waals surface area contributed by atoms with Gasteiger partial charge in [-0.1, -0.05) is 86.8 Å². The molecule has 0 aliphatic carbocycles. The lowest BCUT2D eigenvalue weighted by Gasteiger charge is -2.45. The number of hydrogen-bond donors (Lipinski definition) is 12. The second-order valence-corrected chi connectivity index (χ2v) is 17.8. The predicted octanol–water partition coefficient (Wildman–Crippen LogP) is 0.936. The number of carbonyl (C=O) groups excluding carboxylic acids is 1. The largest absolute Gasteiger partial charge is 0.481 e. The Bertz CT molecular complexity index is 1620. The van der Waals surface area contributed by atoms with Gasteiger partial charge in [0.15, 0.2) is 12.1 Å². The molecule has 0 radical (unpaired) electrons. The number of rotatable bonds is 3. The van der Waals surface area contributed by atoms with Crippen LogP contribution >= 0.6 is 0 Å². The summed E-state index contributed by atoms with van der Waals surface area (Å²) >= 11 is 0. The van der Waals surface area contributed by atoms with Crippen molar-refractivity contribution < 1.29 is 84.7 Å². The third kappa shape index (κ3) is 18.8. The second-order valence-electron chi connectivity index (χ2n) is 17.8. The van der Waals surface area contributed by atoms with Crippen LogP contribution in [0.5, 0.6) is 0 Å². The molecule has 19 atom stereocenters. The molecule has 0 amide bonds. The summed E-state index contributed by atoms with van der Waals surface area (Å²) in [6.45, 7) is 6.78. The number of hydrogen-bond acceptors (Lipinski definition) is 17. The minimum Gasteiger partial charge on any atom is -0.481 e. The molecule has 0 unspecified atom stereocenters. The monoisotopic (exact) mass is 926 g/mol. The first-order valence-electron chi connectivity index (χ1n) is 22.6. The van der Waals surface area contributed by atoms with E-state index >= 15 is 0 Å². The van der Waals surface area contributed by atoms with E-state index in [1.807, 2.05) is 49.5 Å². The molecule has 3 heterocycles. The van der Waals surface area contributed by atoms with E-state index in [1.54, 1.807) is 38.2 Å². The topological polar surface area (TPSA) is 320 Å². The number of cyclic esters (lactones) is 1. The van der Waals surface area contributed by atoms with Crippen LogP contribution < -0.4 is 5.73 Å². The number of esters is 1. The summed E-state index contributed by atoms with van der Waals surface area (Å²) in [5.74, 6) is -6.82. The fourth-order valence-electron chi connectivity index (χ4n) is 8.11. The number of carboxylic acid groups (broad SMARTS) is 1. The van der Waals surface area contributed by atoms with Crippen LogP contribution in [0.15, 0.2) is 72.9 Å². The predicted molar refractivity (Wildman–Crippen MR) is 237 cm³/mol. The molecule has 370 valence electrons. The highest BCUT2D eigenvalue weighted by molar-refractivity contribution is 5.71. The van der Waals surface area contributed by atoms with Gasteiger partial charge in [-0.15, -0.1) is 0 Å². The minimum atomic E-state index is -2.35. The van der Waals surface area contributed by atoms with Gasteiger partial charge in [0.05, 0.1) is 79.6 Å². The Hall–Kier alpha value is -3.18. The summed E-state index contributed by atoms with van der Waals surface area (Å²) in [6, 6.07) is -1.14. The van der Waals surface area contributed by atoms with Crippen LogP contribution in [0, 0.1) is 17.8 Å². The number of ether oxygens (including phenoxy) is 4. The Morgan fingerprint density at radius 1 is 0.692 bits per heavy atom. The van der Waals surface area contributed by atoms with Gasteiger partial charge < -0.3 is 80.9 Å². The van der Waals surface area contributed by atoms with E-state index in [1.165, 1.54) is 13.0 Å². The molecular formula is C47H75NO17. The molecule has 0 aromatic rings. The van der Waals surface area contributed by atoms with Crippen LogP contribution in [0.25, 0.3) is 0 Å². The number of carboxylic acids is 1. The first-order chi connectivity index (χ1) is 30.6. The molecule has 18 heteroatoms. The number of fused-ring (bicyclic) bond motifs is 2. The zero-order valence-electron chi connectivity index (χ0n) is 37.8. The van der Waals surface area contributed by atoms with Crippen LogP contribution in [-0.2, 0) is 28.5 Å². The fraction of sp³-hybridized carbons (Fsp3) is 0.702. The van der Waals surface area contributed by atoms with Crippen molar-refractivity contribution in [1.29, 1.82) is 0 Å². The Morgan fingerprint density at radius 3 is 1.94 bits per heavy atom. The fourth-order valence-corrected chi connectivity index (χ4v) is 8.11. The van der Waals surface area contributed by atoms with Crippen molar-refractivity contribution in [3.63, 3.8) is 0 Å². The lowest BCUT2D eigenvalue weighted by molar-refractivity contribution is -0.310. The van der Waals surface area contributed by atoms with Gasteiger partial charge >= 0.3 is 11.9 Å². The summed E-state index contributed by atoms with van der Waals surface area (Å²) in [5.41, 5.74) is 6.02. The summed E-state index contributed by atoms with van der Waals surface area (Å²) in [5, 5.41) is 118. The summed E-state index contributed by atoms with van der Waals surface area (Å²) < 4.78 is 23.2. The Kier molecular flexibility index (Phi) is 23.8. The SMILES string of the molecule is C[C@H]1[C@H](O)[C@@H](C)/C=C/C=C/CC/C=C/C=C/C=C/C=C/[C@H](O[C@@H]2O[C@H](C)[C@H](O)[C@H](N)[C@@H]2O)C[C@@H]2O[C@](O)(C[C@@H](O)[C@H](O)CC[C@@H](O)C[C@@H](O)C[C@@H](O)CC(=O)O[C@H]1C)C[C@H](O)[C@H]2C(=O)O. The minimum absolute atomic E-state index is 0.138. The summed E-state index contributed by atoms with van der Waals surface area (Å²) in [6.07, 6.45) is 2.28. The van der Waals surface area contributed by atoms with Crippen LogP contribution in [0.1, 0.15) is 91.9 Å². The number of allylic oxidation sites excluding steroid dienone is 10. The van der Waals surface area contributed by atoms with Crippen molar-refractivity contribution in [2.45, 2.75) is 189 Å². The van der Waals surface area contributed by atoms with Gasteiger partial charge in [-0.05, 0) is 52.4 Å². The van der Waals surface area contributed by atoms with Gasteiger partial charge in [-0.2, -0.15) is 0 Å². The summed E-state index contributed by atoms with van der Waals surface area (Å²) in [4.78, 5) is 25.1. The highest BCUT2D eigenvalue weighted by Crippen LogP contribution is 2.38. The number of nitrogens with two attached hydrogens (primary N) is 1. The van der Waals surface area contributed by atoms with Gasteiger partial charge in [-0.3, -0.25) is 9.59 Å². The Balaban J connectivity index is 1.84. The van der Waals surface area contributed by atoms with E-state index in [-0.39, 0.29) is 38.0 Å². The Morgan fingerprint density at radius 2 is 1.28 bits per heavy atom. The van der Waals surface area contributed by atoms with E-state index in [2.05, 4.69) is 0 Å². The van der Waals surface area contributed by atoms with E-state index in [4.69, 9.17) is 24.7 Å².